The summed E-state index contributed by atoms with van der Waals surface area (Å²) in [5, 5.41) is 10.2. The molecule has 0 aromatic carbocycles. The number of aromatic nitrogens is 2. The fourth-order valence-corrected chi connectivity index (χ4v) is 2.30. The topological polar surface area (TPSA) is 72.0 Å². The Morgan fingerprint density at radius 1 is 1.31 bits per heavy atom. The molecule has 84 valence electrons. The first kappa shape index (κ1) is 11.2. The summed E-state index contributed by atoms with van der Waals surface area (Å²) < 4.78 is 0. The highest BCUT2D eigenvalue weighted by molar-refractivity contribution is 7.09. The lowest BCUT2D eigenvalue weighted by Gasteiger charge is -2.20. The predicted molar refractivity (Wildman–Crippen MR) is 63.1 cm³/mol. The van der Waals surface area contributed by atoms with Gasteiger partial charge in [0.15, 0.2) is 0 Å². The Bertz CT molecular complexity index is 418. The summed E-state index contributed by atoms with van der Waals surface area (Å²) in [6, 6.07) is 3.75. The molecule has 0 radical (unpaired) electrons. The van der Waals surface area contributed by atoms with E-state index in [2.05, 4.69) is 9.97 Å². The number of aliphatic hydroxyl groups excluding tert-OH is 1. The van der Waals surface area contributed by atoms with Crippen molar-refractivity contribution in [3.63, 3.8) is 0 Å². The first-order chi connectivity index (χ1) is 7.83. The number of hydrogen-bond acceptors (Lipinski definition) is 5. The molecule has 3 N–H and O–H groups in total. The van der Waals surface area contributed by atoms with Gasteiger partial charge < -0.3 is 10.8 Å². The Kier molecular flexibility index (Phi) is 3.61. The minimum absolute atomic E-state index is 0.108. The molecule has 0 spiro atoms. The van der Waals surface area contributed by atoms with Gasteiger partial charge in [-0.2, -0.15) is 0 Å². The molecule has 0 aliphatic rings. The zero-order valence-electron chi connectivity index (χ0n) is 8.65. The van der Waals surface area contributed by atoms with E-state index in [4.69, 9.17) is 5.73 Å². The van der Waals surface area contributed by atoms with Gasteiger partial charge in [0.2, 0.25) is 0 Å². The predicted octanol–water partition coefficient (Wildman–Crippen LogP) is 1.31. The first-order valence-electron chi connectivity index (χ1n) is 4.99. The van der Waals surface area contributed by atoms with Crippen LogP contribution in [-0.2, 0) is 0 Å². The van der Waals surface area contributed by atoms with Crippen molar-refractivity contribution in [3.05, 3.63) is 46.7 Å². The summed E-state index contributed by atoms with van der Waals surface area (Å²) >= 11 is 1.44. The van der Waals surface area contributed by atoms with E-state index in [0.717, 1.165) is 10.4 Å². The van der Waals surface area contributed by atoms with Crippen LogP contribution in [0.2, 0.25) is 0 Å². The minimum atomic E-state index is -0.597. The molecule has 2 aromatic heterocycles. The van der Waals surface area contributed by atoms with Crippen LogP contribution in [0.4, 0.5) is 0 Å². The molecule has 0 bridgehead atoms. The molecule has 2 aromatic rings. The Balaban J connectivity index is 2.23. The van der Waals surface area contributed by atoms with E-state index in [1.54, 1.807) is 24.1 Å². The van der Waals surface area contributed by atoms with Crippen LogP contribution < -0.4 is 5.73 Å². The molecule has 2 rings (SSSR count). The second-order valence-electron chi connectivity index (χ2n) is 3.47. The van der Waals surface area contributed by atoms with Gasteiger partial charge in [-0.3, -0.25) is 9.97 Å². The number of rotatable bonds is 4. The van der Waals surface area contributed by atoms with Crippen LogP contribution in [0.1, 0.15) is 22.5 Å². The van der Waals surface area contributed by atoms with E-state index < -0.39 is 6.10 Å². The van der Waals surface area contributed by atoms with Crippen molar-refractivity contribution in [1.82, 2.24) is 9.97 Å². The van der Waals surface area contributed by atoms with Crippen molar-refractivity contribution in [1.29, 1.82) is 0 Å². The largest absolute Gasteiger partial charge is 0.387 e. The Hall–Kier alpha value is -1.30. The monoisotopic (exact) mass is 235 g/mol. The molecule has 4 nitrogen and oxygen atoms in total. The van der Waals surface area contributed by atoms with Crippen molar-refractivity contribution in [2.45, 2.75) is 12.0 Å². The molecular weight excluding hydrogens is 222 g/mol. The summed E-state index contributed by atoms with van der Waals surface area (Å²) in [4.78, 5) is 8.75. The Morgan fingerprint density at radius 2 is 2.06 bits per heavy atom. The van der Waals surface area contributed by atoms with E-state index in [1.165, 1.54) is 11.3 Å². The van der Waals surface area contributed by atoms with Gasteiger partial charge in [0.1, 0.15) is 0 Å². The van der Waals surface area contributed by atoms with E-state index in [0.29, 0.717) is 6.54 Å². The highest BCUT2D eigenvalue weighted by Gasteiger charge is 2.22. The summed E-state index contributed by atoms with van der Waals surface area (Å²) in [5.74, 6) is -0.108. The lowest BCUT2D eigenvalue weighted by molar-refractivity contribution is 0.151. The average Bonchev–Trinajstić information content (AvgIpc) is 2.85. The zero-order chi connectivity index (χ0) is 11.4. The zero-order valence-corrected chi connectivity index (χ0v) is 9.47. The highest BCUT2D eigenvalue weighted by Crippen LogP contribution is 2.31. The maximum Gasteiger partial charge on any atom is 0.0978 e. The molecule has 2 unspecified atom stereocenters. The third-order valence-electron chi connectivity index (χ3n) is 2.51. The third-order valence-corrected chi connectivity index (χ3v) is 3.36. The fourth-order valence-electron chi connectivity index (χ4n) is 1.63. The third kappa shape index (κ3) is 2.27. The molecule has 0 fully saturated rings. The first-order valence-corrected chi connectivity index (χ1v) is 5.87. The molecule has 0 amide bonds. The molecule has 2 heterocycles. The van der Waals surface area contributed by atoms with E-state index >= 15 is 0 Å². The van der Waals surface area contributed by atoms with E-state index in [-0.39, 0.29) is 5.92 Å². The lowest BCUT2D eigenvalue weighted by atomic mass is 9.94. The number of thiazole rings is 1. The van der Waals surface area contributed by atoms with Crippen LogP contribution in [0, 0.1) is 0 Å². The average molecular weight is 235 g/mol. The van der Waals surface area contributed by atoms with Gasteiger partial charge in [-0.05, 0) is 17.7 Å². The quantitative estimate of drug-likeness (QED) is 0.838. The summed E-state index contributed by atoms with van der Waals surface area (Å²) in [5.41, 5.74) is 8.42. The maximum absolute atomic E-state index is 10.2. The van der Waals surface area contributed by atoms with Crippen LogP contribution in [0.5, 0.6) is 0 Å². The second kappa shape index (κ2) is 5.16. The van der Waals surface area contributed by atoms with Crippen LogP contribution in [0.15, 0.2) is 36.2 Å². The number of hydrogen-bond donors (Lipinski definition) is 2. The normalized spacial score (nSPS) is 14.6. The van der Waals surface area contributed by atoms with Gasteiger partial charge in [-0.15, -0.1) is 11.3 Å². The van der Waals surface area contributed by atoms with Crippen LogP contribution in [0.3, 0.4) is 0 Å². The van der Waals surface area contributed by atoms with Gasteiger partial charge in [0, 0.05) is 31.1 Å². The van der Waals surface area contributed by atoms with Crippen molar-refractivity contribution in [3.8, 4) is 0 Å². The summed E-state index contributed by atoms with van der Waals surface area (Å²) in [7, 11) is 0. The highest BCUT2D eigenvalue weighted by atomic mass is 32.1. The van der Waals surface area contributed by atoms with Gasteiger partial charge >= 0.3 is 0 Å². The number of nitrogens with two attached hydrogens (primary N) is 1. The molecule has 0 saturated heterocycles. The number of aliphatic hydroxyl groups is 1. The van der Waals surface area contributed by atoms with Gasteiger partial charge in [0.25, 0.3) is 0 Å². The second-order valence-corrected chi connectivity index (χ2v) is 4.39. The molecule has 0 aliphatic carbocycles. The fraction of sp³-hybridized carbons (Fsp3) is 0.273. The Morgan fingerprint density at radius 3 is 2.62 bits per heavy atom. The molecule has 5 heteroatoms. The van der Waals surface area contributed by atoms with Crippen molar-refractivity contribution < 1.29 is 5.11 Å². The standard InChI is InChI=1S/C11H13N3OS/c12-5-9(8-1-3-13-4-2-8)11(15)10-6-14-7-16-10/h1-4,6-7,9,11,15H,5,12H2. The van der Waals surface area contributed by atoms with Gasteiger partial charge in [-0.25, -0.2) is 0 Å². The maximum atomic E-state index is 10.2. The van der Waals surface area contributed by atoms with Crippen LogP contribution >= 0.6 is 11.3 Å². The lowest BCUT2D eigenvalue weighted by Crippen LogP contribution is -2.19. The number of pyridine rings is 1. The van der Waals surface area contributed by atoms with Gasteiger partial charge in [-0.1, -0.05) is 0 Å². The summed E-state index contributed by atoms with van der Waals surface area (Å²) in [6.45, 7) is 0.392. The molecule has 2 atom stereocenters. The van der Waals surface area contributed by atoms with Crippen molar-refractivity contribution in [2.24, 2.45) is 5.73 Å². The number of nitrogens with zero attached hydrogens (tertiary/aromatic N) is 2. The smallest absolute Gasteiger partial charge is 0.0978 e. The van der Waals surface area contributed by atoms with E-state index in [9.17, 15) is 5.11 Å². The summed E-state index contributed by atoms with van der Waals surface area (Å²) in [6.07, 6.45) is 4.49. The van der Waals surface area contributed by atoms with Crippen molar-refractivity contribution in [2.75, 3.05) is 6.54 Å². The van der Waals surface area contributed by atoms with E-state index in [1.807, 2.05) is 12.1 Å². The van der Waals surface area contributed by atoms with Gasteiger partial charge in [0.05, 0.1) is 16.5 Å². The molecule has 0 saturated carbocycles. The SMILES string of the molecule is NCC(c1ccncc1)C(O)c1cncs1. The molecule has 16 heavy (non-hydrogen) atoms. The minimum Gasteiger partial charge on any atom is -0.387 e. The molecule has 0 aliphatic heterocycles. The van der Waals surface area contributed by atoms with Crippen molar-refractivity contribution >= 4 is 11.3 Å². The molecular formula is C11H13N3OS. The van der Waals surface area contributed by atoms with Crippen LogP contribution in [-0.4, -0.2) is 21.6 Å². The Labute approximate surface area is 97.8 Å². The van der Waals surface area contributed by atoms with Crippen LogP contribution in [0.25, 0.3) is 0 Å².